The second kappa shape index (κ2) is 6.33. The van der Waals surface area contributed by atoms with Crippen LogP contribution in [0.5, 0.6) is 0 Å². The van der Waals surface area contributed by atoms with E-state index in [0.717, 1.165) is 0 Å². The fraction of sp³-hybridized carbons (Fsp3) is 0.600. The number of sulfone groups is 1. The van der Waals surface area contributed by atoms with Gasteiger partial charge in [0.1, 0.15) is 0 Å². The first-order chi connectivity index (χ1) is 10.9. The Bertz CT molecular complexity index is 718. The van der Waals surface area contributed by atoms with Crippen LogP contribution in [0.4, 0.5) is 0 Å². The van der Waals surface area contributed by atoms with E-state index in [0.29, 0.717) is 42.4 Å². The average molecular weight is 356 g/mol. The maximum absolute atomic E-state index is 12.5. The lowest BCUT2D eigenvalue weighted by Crippen LogP contribution is -2.52. The molecule has 0 radical (unpaired) electrons. The van der Waals surface area contributed by atoms with Crippen molar-refractivity contribution in [2.24, 2.45) is 0 Å². The molecule has 0 bridgehead atoms. The molecule has 0 saturated carbocycles. The van der Waals surface area contributed by atoms with Gasteiger partial charge in [-0.1, -0.05) is 0 Å². The largest absolute Gasteiger partial charge is 0.335 e. The number of hydrogen-bond donors (Lipinski definition) is 0. The van der Waals surface area contributed by atoms with Crippen molar-refractivity contribution >= 4 is 32.9 Å². The highest BCUT2D eigenvalue weighted by Gasteiger charge is 2.34. The van der Waals surface area contributed by atoms with E-state index in [-0.39, 0.29) is 29.2 Å². The summed E-state index contributed by atoms with van der Waals surface area (Å²) in [6, 6.07) is 3.50. The normalized spacial score (nSPS) is 24.7. The van der Waals surface area contributed by atoms with Crippen molar-refractivity contribution in [3.05, 3.63) is 21.9 Å². The van der Waals surface area contributed by atoms with Gasteiger partial charge in [0.25, 0.3) is 5.91 Å². The van der Waals surface area contributed by atoms with Gasteiger partial charge >= 0.3 is 0 Å². The Balaban J connectivity index is 1.58. The maximum Gasteiger partial charge on any atom is 0.264 e. The van der Waals surface area contributed by atoms with E-state index < -0.39 is 9.84 Å². The third-order valence-electron chi connectivity index (χ3n) is 4.49. The van der Waals surface area contributed by atoms with Crippen molar-refractivity contribution in [1.82, 2.24) is 9.80 Å². The molecule has 3 heterocycles. The van der Waals surface area contributed by atoms with E-state index in [2.05, 4.69) is 4.90 Å². The van der Waals surface area contributed by atoms with Gasteiger partial charge in [0, 0.05) is 32.2 Å². The van der Waals surface area contributed by atoms with Crippen LogP contribution in [0.15, 0.2) is 12.1 Å². The number of carbonyl (C=O) groups is 2. The standard InChI is InChI=1S/C15H20N2O4S2/c1-11(18)13-2-3-14(22-13)15(19)17-7-5-16(6-8-17)12-4-9-23(20,21)10-12/h2-3,12H,4-10H2,1H3. The summed E-state index contributed by atoms with van der Waals surface area (Å²) in [7, 11) is -2.88. The van der Waals surface area contributed by atoms with Crippen molar-refractivity contribution in [3.63, 3.8) is 0 Å². The molecule has 1 aromatic rings. The van der Waals surface area contributed by atoms with E-state index in [9.17, 15) is 18.0 Å². The van der Waals surface area contributed by atoms with Crippen LogP contribution in [-0.4, -0.2) is 73.6 Å². The molecule has 1 aromatic heterocycles. The molecule has 2 fully saturated rings. The average Bonchev–Trinajstić information content (AvgIpc) is 3.13. The zero-order chi connectivity index (χ0) is 16.6. The number of rotatable bonds is 3. The Hall–Kier alpha value is -1.25. The second-order valence-corrected chi connectivity index (χ2v) is 9.42. The highest BCUT2D eigenvalue weighted by molar-refractivity contribution is 7.91. The molecule has 1 amide bonds. The molecule has 23 heavy (non-hydrogen) atoms. The molecule has 0 aromatic carbocycles. The molecule has 0 aliphatic carbocycles. The van der Waals surface area contributed by atoms with Crippen molar-refractivity contribution in [2.75, 3.05) is 37.7 Å². The summed E-state index contributed by atoms with van der Waals surface area (Å²) in [5.74, 6) is 0.454. The second-order valence-electron chi connectivity index (χ2n) is 6.11. The number of hydrogen-bond acceptors (Lipinski definition) is 6. The summed E-state index contributed by atoms with van der Waals surface area (Å²) in [5, 5.41) is 0. The Labute approximate surface area is 140 Å². The van der Waals surface area contributed by atoms with E-state index in [4.69, 9.17) is 0 Å². The van der Waals surface area contributed by atoms with Gasteiger partial charge in [0.15, 0.2) is 15.6 Å². The molecule has 126 valence electrons. The third-order valence-corrected chi connectivity index (χ3v) is 7.41. The van der Waals surface area contributed by atoms with Crippen LogP contribution in [0.3, 0.4) is 0 Å². The highest BCUT2D eigenvalue weighted by atomic mass is 32.2. The van der Waals surface area contributed by atoms with Crippen molar-refractivity contribution in [2.45, 2.75) is 19.4 Å². The minimum atomic E-state index is -2.88. The minimum Gasteiger partial charge on any atom is -0.335 e. The lowest BCUT2D eigenvalue weighted by molar-refractivity contribution is 0.0592. The molecule has 0 spiro atoms. The van der Waals surface area contributed by atoms with E-state index in [1.807, 2.05) is 0 Å². The molecule has 2 aliphatic rings. The van der Waals surface area contributed by atoms with Crippen LogP contribution in [0, 0.1) is 0 Å². The van der Waals surface area contributed by atoms with Gasteiger partial charge in [0.05, 0.1) is 21.3 Å². The van der Waals surface area contributed by atoms with Gasteiger partial charge in [-0.2, -0.15) is 0 Å². The Kier molecular flexibility index (Phi) is 4.57. The molecule has 2 aliphatic heterocycles. The first-order valence-corrected chi connectivity index (χ1v) is 10.3. The number of Topliss-reactive ketones (excluding diaryl/α,β-unsaturated/α-hetero) is 1. The number of carbonyl (C=O) groups excluding carboxylic acids is 2. The number of thiophene rings is 1. The molecule has 0 N–H and O–H groups in total. The van der Waals surface area contributed by atoms with Crippen molar-refractivity contribution in [1.29, 1.82) is 0 Å². The summed E-state index contributed by atoms with van der Waals surface area (Å²) in [6.45, 7) is 4.10. The monoisotopic (exact) mass is 356 g/mol. The van der Waals surface area contributed by atoms with Gasteiger partial charge < -0.3 is 4.90 Å². The van der Waals surface area contributed by atoms with Gasteiger partial charge in [-0.15, -0.1) is 11.3 Å². The van der Waals surface area contributed by atoms with E-state index in [1.165, 1.54) is 18.3 Å². The fourth-order valence-electron chi connectivity index (χ4n) is 3.15. The van der Waals surface area contributed by atoms with Crippen LogP contribution in [-0.2, 0) is 9.84 Å². The molecule has 1 unspecified atom stereocenters. The molecule has 2 saturated heterocycles. The van der Waals surface area contributed by atoms with Gasteiger partial charge in [0.2, 0.25) is 0 Å². The van der Waals surface area contributed by atoms with E-state index in [1.54, 1.807) is 17.0 Å². The van der Waals surface area contributed by atoms with Crippen LogP contribution in [0.2, 0.25) is 0 Å². The van der Waals surface area contributed by atoms with E-state index >= 15 is 0 Å². The molecule has 6 nitrogen and oxygen atoms in total. The first-order valence-electron chi connectivity index (χ1n) is 7.70. The summed E-state index contributed by atoms with van der Waals surface area (Å²) < 4.78 is 23.2. The molecule has 3 rings (SSSR count). The summed E-state index contributed by atoms with van der Waals surface area (Å²) >= 11 is 1.23. The minimum absolute atomic E-state index is 0.0266. The van der Waals surface area contributed by atoms with Crippen LogP contribution < -0.4 is 0 Å². The zero-order valence-electron chi connectivity index (χ0n) is 13.0. The SMILES string of the molecule is CC(=O)c1ccc(C(=O)N2CCN(C3CCS(=O)(=O)C3)CC2)s1. The Morgan fingerprint density at radius 1 is 1.13 bits per heavy atom. The zero-order valence-corrected chi connectivity index (χ0v) is 14.7. The Morgan fingerprint density at radius 2 is 1.78 bits per heavy atom. The quantitative estimate of drug-likeness (QED) is 0.752. The lowest BCUT2D eigenvalue weighted by atomic mass is 10.2. The molecule has 1 atom stereocenters. The van der Waals surface area contributed by atoms with Crippen LogP contribution >= 0.6 is 11.3 Å². The number of nitrogens with zero attached hydrogens (tertiary/aromatic N) is 2. The van der Waals surface area contributed by atoms with Gasteiger partial charge in [-0.25, -0.2) is 8.42 Å². The van der Waals surface area contributed by atoms with Crippen molar-refractivity contribution in [3.8, 4) is 0 Å². The molecular formula is C15H20N2O4S2. The van der Waals surface area contributed by atoms with Crippen LogP contribution in [0.1, 0.15) is 32.7 Å². The van der Waals surface area contributed by atoms with Gasteiger partial charge in [-0.3, -0.25) is 14.5 Å². The molecule has 8 heteroatoms. The highest BCUT2D eigenvalue weighted by Crippen LogP contribution is 2.22. The number of amides is 1. The number of piperazine rings is 1. The number of ketones is 1. The first kappa shape index (κ1) is 16.6. The summed E-state index contributed by atoms with van der Waals surface area (Å²) in [6.07, 6.45) is 0.698. The van der Waals surface area contributed by atoms with Gasteiger partial charge in [-0.05, 0) is 25.5 Å². The topological polar surface area (TPSA) is 74.8 Å². The third kappa shape index (κ3) is 3.64. The predicted molar refractivity (Wildman–Crippen MR) is 88.9 cm³/mol. The summed E-state index contributed by atoms with van der Waals surface area (Å²) in [5.41, 5.74) is 0. The molecular weight excluding hydrogens is 336 g/mol. The summed E-state index contributed by atoms with van der Waals surface area (Å²) in [4.78, 5) is 29.0. The fourth-order valence-corrected chi connectivity index (χ4v) is 5.78. The lowest BCUT2D eigenvalue weighted by Gasteiger charge is -2.37. The predicted octanol–water partition coefficient (Wildman–Crippen LogP) is 0.896. The van der Waals surface area contributed by atoms with Crippen LogP contribution in [0.25, 0.3) is 0 Å². The van der Waals surface area contributed by atoms with Crippen molar-refractivity contribution < 1.29 is 18.0 Å². The maximum atomic E-state index is 12.5. The smallest absolute Gasteiger partial charge is 0.264 e. The Morgan fingerprint density at radius 3 is 2.30 bits per heavy atom.